The Kier molecular flexibility index (Phi) is 7.03. The third-order valence-electron chi connectivity index (χ3n) is 5.02. The first kappa shape index (κ1) is 21.7. The number of ether oxygens (including phenoxy) is 1. The maximum atomic E-state index is 13.0. The molecule has 4 aromatic rings. The minimum atomic E-state index is -0.468. The first-order valence-electron chi connectivity index (χ1n) is 10.5. The lowest BCUT2D eigenvalue weighted by atomic mass is 9.91. The van der Waals surface area contributed by atoms with Crippen molar-refractivity contribution in [1.82, 2.24) is 5.43 Å². The molecule has 0 aliphatic heterocycles. The summed E-state index contributed by atoms with van der Waals surface area (Å²) in [5.74, 6) is -0.684. The summed E-state index contributed by atoms with van der Waals surface area (Å²) >= 11 is 0. The molecule has 33 heavy (non-hydrogen) atoms. The quantitative estimate of drug-likeness (QED) is 0.188. The van der Waals surface area contributed by atoms with Crippen LogP contribution in [0.3, 0.4) is 0 Å². The Morgan fingerprint density at radius 2 is 1.21 bits per heavy atom. The molecule has 0 saturated heterocycles. The molecule has 0 aliphatic rings. The van der Waals surface area contributed by atoms with Crippen molar-refractivity contribution in [1.29, 1.82) is 0 Å². The van der Waals surface area contributed by atoms with Crippen LogP contribution in [0.2, 0.25) is 0 Å². The van der Waals surface area contributed by atoms with Crippen molar-refractivity contribution in [2.24, 2.45) is 5.10 Å². The number of nitrogens with one attached hydrogen (secondary N) is 1. The molecule has 0 unspecified atom stereocenters. The summed E-state index contributed by atoms with van der Waals surface area (Å²) in [5.41, 5.74) is 5.66. The molecule has 0 aliphatic carbocycles. The van der Waals surface area contributed by atoms with Crippen molar-refractivity contribution in [3.8, 4) is 5.75 Å². The maximum absolute atomic E-state index is 13.0. The van der Waals surface area contributed by atoms with Gasteiger partial charge in [-0.05, 0) is 53.1 Å². The monoisotopic (exact) mass is 434 g/mol. The van der Waals surface area contributed by atoms with Crippen LogP contribution in [0.1, 0.15) is 33.0 Å². The topological polar surface area (TPSA) is 67.8 Å². The van der Waals surface area contributed by atoms with E-state index in [0.29, 0.717) is 11.3 Å². The van der Waals surface area contributed by atoms with Crippen LogP contribution in [0.5, 0.6) is 5.75 Å². The van der Waals surface area contributed by atoms with E-state index in [0.717, 1.165) is 16.7 Å². The van der Waals surface area contributed by atoms with Gasteiger partial charge in [-0.2, -0.15) is 5.10 Å². The minimum Gasteiger partial charge on any atom is -0.423 e. The van der Waals surface area contributed by atoms with Gasteiger partial charge in [-0.25, -0.2) is 10.2 Å². The smallest absolute Gasteiger partial charge is 0.343 e. The Labute approximate surface area is 192 Å². The molecular weight excluding hydrogens is 412 g/mol. The number of carbonyl (C=O) groups excluding carboxylic acids is 2. The highest BCUT2D eigenvalue weighted by atomic mass is 16.5. The Morgan fingerprint density at radius 1 is 0.697 bits per heavy atom. The molecule has 0 spiro atoms. The second kappa shape index (κ2) is 10.7. The first-order chi connectivity index (χ1) is 16.2. The fraction of sp³-hybridized carbons (Fsp3) is 0.0357. The molecule has 0 radical (unpaired) electrons. The Bertz CT molecular complexity index is 1180. The van der Waals surface area contributed by atoms with Gasteiger partial charge in [-0.1, -0.05) is 78.9 Å². The lowest BCUT2D eigenvalue weighted by Crippen LogP contribution is -2.26. The standard InChI is InChI=1S/C28H22N2O3/c31-27(26(22-10-4-1-5-11-22)23-12-6-2-7-13-23)30-29-20-21-16-18-25(19-17-21)33-28(32)24-14-8-3-9-15-24/h1-20,26H,(H,30,31). The van der Waals surface area contributed by atoms with E-state index in [2.05, 4.69) is 10.5 Å². The summed E-state index contributed by atoms with van der Waals surface area (Å²) in [6.07, 6.45) is 1.55. The van der Waals surface area contributed by atoms with E-state index in [-0.39, 0.29) is 5.91 Å². The second-order valence-electron chi connectivity index (χ2n) is 7.31. The molecule has 4 rings (SSSR count). The van der Waals surface area contributed by atoms with Gasteiger partial charge in [0, 0.05) is 0 Å². The van der Waals surface area contributed by atoms with Gasteiger partial charge in [0.25, 0.3) is 5.91 Å². The van der Waals surface area contributed by atoms with Crippen LogP contribution in [-0.2, 0) is 4.79 Å². The molecule has 0 aromatic heterocycles. The van der Waals surface area contributed by atoms with Gasteiger partial charge >= 0.3 is 5.97 Å². The zero-order valence-corrected chi connectivity index (χ0v) is 17.8. The van der Waals surface area contributed by atoms with Gasteiger partial charge in [-0.3, -0.25) is 4.79 Å². The molecule has 1 N–H and O–H groups in total. The molecule has 5 nitrogen and oxygen atoms in total. The van der Waals surface area contributed by atoms with Crippen LogP contribution in [0.25, 0.3) is 0 Å². The Morgan fingerprint density at radius 3 is 1.76 bits per heavy atom. The molecule has 0 saturated carbocycles. The fourth-order valence-corrected chi connectivity index (χ4v) is 3.38. The lowest BCUT2D eigenvalue weighted by Gasteiger charge is -2.16. The zero-order valence-electron chi connectivity index (χ0n) is 17.8. The SMILES string of the molecule is O=C(Oc1ccc(C=NNC(=O)C(c2ccccc2)c2ccccc2)cc1)c1ccccc1. The molecule has 4 aromatic carbocycles. The average Bonchev–Trinajstić information content (AvgIpc) is 2.87. The van der Waals surface area contributed by atoms with Gasteiger partial charge in [0.15, 0.2) is 0 Å². The summed E-state index contributed by atoms with van der Waals surface area (Å²) in [6, 6.07) is 34.9. The third kappa shape index (κ3) is 5.80. The van der Waals surface area contributed by atoms with E-state index in [1.807, 2.05) is 66.7 Å². The number of hydrogen-bond donors (Lipinski definition) is 1. The summed E-state index contributed by atoms with van der Waals surface area (Å²) in [6.45, 7) is 0. The van der Waals surface area contributed by atoms with E-state index < -0.39 is 11.9 Å². The third-order valence-corrected chi connectivity index (χ3v) is 5.02. The number of hydrazone groups is 1. The average molecular weight is 434 g/mol. The number of benzene rings is 4. The molecule has 0 atom stereocenters. The van der Waals surface area contributed by atoms with Crippen molar-refractivity contribution < 1.29 is 14.3 Å². The second-order valence-corrected chi connectivity index (χ2v) is 7.31. The highest BCUT2D eigenvalue weighted by molar-refractivity contribution is 5.91. The van der Waals surface area contributed by atoms with Crippen molar-refractivity contribution in [2.45, 2.75) is 5.92 Å². The summed E-state index contributed by atoms with van der Waals surface area (Å²) in [4.78, 5) is 25.1. The van der Waals surface area contributed by atoms with E-state index in [9.17, 15) is 9.59 Å². The minimum absolute atomic E-state index is 0.225. The highest BCUT2D eigenvalue weighted by Crippen LogP contribution is 2.24. The summed E-state index contributed by atoms with van der Waals surface area (Å²) < 4.78 is 5.37. The Balaban J connectivity index is 1.40. The number of esters is 1. The molecule has 5 heteroatoms. The largest absolute Gasteiger partial charge is 0.423 e. The van der Waals surface area contributed by atoms with Gasteiger partial charge in [0.2, 0.25) is 0 Å². The Hall–Kier alpha value is -4.51. The maximum Gasteiger partial charge on any atom is 0.343 e. The van der Waals surface area contributed by atoms with Gasteiger partial charge in [0.05, 0.1) is 17.7 Å². The highest BCUT2D eigenvalue weighted by Gasteiger charge is 2.22. The number of nitrogens with zero attached hydrogens (tertiary/aromatic N) is 1. The van der Waals surface area contributed by atoms with Crippen LogP contribution in [0.15, 0.2) is 120 Å². The van der Waals surface area contributed by atoms with Crippen molar-refractivity contribution >= 4 is 18.1 Å². The number of carbonyl (C=O) groups is 2. The molecule has 162 valence electrons. The van der Waals surface area contributed by atoms with E-state index >= 15 is 0 Å². The molecule has 1 amide bonds. The van der Waals surface area contributed by atoms with Gasteiger partial charge in [-0.15, -0.1) is 0 Å². The van der Waals surface area contributed by atoms with Crippen molar-refractivity contribution in [2.75, 3.05) is 0 Å². The van der Waals surface area contributed by atoms with Gasteiger partial charge in [0.1, 0.15) is 5.75 Å². The number of rotatable bonds is 7. The predicted octanol–water partition coefficient (Wildman–Crippen LogP) is 5.19. The van der Waals surface area contributed by atoms with Crippen LogP contribution < -0.4 is 10.2 Å². The van der Waals surface area contributed by atoms with Crippen LogP contribution in [0, 0.1) is 0 Å². The number of amides is 1. The molecule has 0 heterocycles. The molecular formula is C28H22N2O3. The van der Waals surface area contributed by atoms with Gasteiger partial charge < -0.3 is 4.74 Å². The fourth-order valence-electron chi connectivity index (χ4n) is 3.38. The van der Waals surface area contributed by atoms with E-state index in [1.165, 1.54) is 0 Å². The number of hydrogen-bond acceptors (Lipinski definition) is 4. The van der Waals surface area contributed by atoms with Crippen molar-refractivity contribution in [3.05, 3.63) is 138 Å². The predicted molar refractivity (Wildman–Crippen MR) is 128 cm³/mol. The molecule has 0 fully saturated rings. The normalized spacial score (nSPS) is 10.8. The van der Waals surface area contributed by atoms with E-state index in [4.69, 9.17) is 4.74 Å². The first-order valence-corrected chi connectivity index (χ1v) is 10.5. The molecule has 0 bridgehead atoms. The van der Waals surface area contributed by atoms with Crippen LogP contribution >= 0.6 is 0 Å². The van der Waals surface area contributed by atoms with Crippen molar-refractivity contribution in [3.63, 3.8) is 0 Å². The lowest BCUT2D eigenvalue weighted by molar-refractivity contribution is -0.121. The summed E-state index contributed by atoms with van der Waals surface area (Å²) in [5, 5.41) is 4.12. The summed E-state index contributed by atoms with van der Waals surface area (Å²) in [7, 11) is 0. The van der Waals surface area contributed by atoms with Crippen LogP contribution in [0.4, 0.5) is 0 Å². The van der Waals surface area contributed by atoms with E-state index in [1.54, 1.807) is 54.7 Å². The van der Waals surface area contributed by atoms with Crippen LogP contribution in [-0.4, -0.2) is 18.1 Å². The zero-order chi connectivity index (χ0) is 22.9.